The van der Waals surface area contributed by atoms with E-state index in [1.165, 1.54) is 0 Å². The Balaban J connectivity index is 2.26. The summed E-state index contributed by atoms with van der Waals surface area (Å²) in [5, 5.41) is 6.13. The zero-order chi connectivity index (χ0) is 8.82. The fraction of sp³-hybridized carbons (Fsp3) is 0.875. The van der Waals surface area contributed by atoms with E-state index in [4.69, 9.17) is 4.74 Å². The van der Waals surface area contributed by atoms with Gasteiger partial charge in [-0.25, -0.2) is 0 Å². The van der Waals surface area contributed by atoms with Crippen LogP contribution in [0.4, 0.5) is 0 Å². The second-order valence-corrected chi connectivity index (χ2v) is 3.92. The van der Waals surface area contributed by atoms with Crippen LogP contribution in [0, 0.1) is 0 Å². The van der Waals surface area contributed by atoms with Crippen molar-refractivity contribution in [3.05, 3.63) is 0 Å². The van der Waals surface area contributed by atoms with Crippen molar-refractivity contribution in [2.24, 2.45) is 0 Å². The average molecular weight is 170 g/mol. The van der Waals surface area contributed by atoms with Gasteiger partial charge in [-0.1, -0.05) is 0 Å². The molecule has 0 bridgehead atoms. The molecule has 1 amide bonds. The van der Waals surface area contributed by atoms with Gasteiger partial charge in [-0.3, -0.25) is 10.1 Å². The molecule has 2 N–H and O–H groups in total. The van der Waals surface area contributed by atoms with Crippen molar-refractivity contribution in [2.45, 2.75) is 31.5 Å². The van der Waals surface area contributed by atoms with Gasteiger partial charge in [0, 0.05) is 6.42 Å². The number of carbonyl (C=O) groups excluding carboxylic acids is 1. The molecule has 0 aromatic rings. The van der Waals surface area contributed by atoms with E-state index in [9.17, 15) is 4.79 Å². The lowest BCUT2D eigenvalue weighted by atomic mass is 9.92. The van der Waals surface area contributed by atoms with Crippen LogP contribution in [0.5, 0.6) is 0 Å². The lowest BCUT2D eigenvalue weighted by Crippen LogP contribution is -2.61. The highest BCUT2D eigenvalue weighted by Crippen LogP contribution is 2.34. The first-order chi connectivity index (χ1) is 5.56. The number of hydrogen-bond acceptors (Lipinski definition) is 3. The van der Waals surface area contributed by atoms with Gasteiger partial charge in [0.2, 0.25) is 5.91 Å². The third-order valence-corrected chi connectivity index (χ3v) is 2.87. The fourth-order valence-electron chi connectivity index (χ4n) is 1.96. The number of ether oxygens (including phenoxy) is 1. The van der Waals surface area contributed by atoms with Gasteiger partial charge in [0.25, 0.3) is 0 Å². The second-order valence-electron chi connectivity index (χ2n) is 3.92. The molecule has 2 aliphatic heterocycles. The molecule has 1 atom stereocenters. The Kier molecular flexibility index (Phi) is 1.47. The van der Waals surface area contributed by atoms with Crippen molar-refractivity contribution < 1.29 is 9.53 Å². The van der Waals surface area contributed by atoms with Crippen molar-refractivity contribution >= 4 is 5.91 Å². The van der Waals surface area contributed by atoms with E-state index >= 15 is 0 Å². The monoisotopic (exact) mass is 170 g/mol. The van der Waals surface area contributed by atoms with Crippen LogP contribution in [0.3, 0.4) is 0 Å². The number of carbonyl (C=O) groups is 1. The van der Waals surface area contributed by atoms with Crippen molar-refractivity contribution in [2.75, 3.05) is 13.2 Å². The molecule has 0 aliphatic carbocycles. The molecule has 2 heterocycles. The van der Waals surface area contributed by atoms with E-state index in [2.05, 4.69) is 10.6 Å². The summed E-state index contributed by atoms with van der Waals surface area (Å²) in [4.78, 5) is 11.1. The molecular formula is C8H14N2O2. The third kappa shape index (κ3) is 0.881. The average Bonchev–Trinajstić information content (AvgIpc) is 2.43. The molecule has 68 valence electrons. The fourth-order valence-corrected chi connectivity index (χ4v) is 1.96. The highest BCUT2D eigenvalue weighted by atomic mass is 16.5. The Bertz CT molecular complexity index is 227. The van der Waals surface area contributed by atoms with E-state index in [-0.39, 0.29) is 17.2 Å². The largest absolute Gasteiger partial charge is 0.372 e. The standard InChI is InChI=1S/C8H14N2O2/c1-7(2)8(3-4-12-7)9-5-6(11)10-8/h9H,3-5H2,1-2H3,(H,10,11). The smallest absolute Gasteiger partial charge is 0.235 e. The lowest BCUT2D eigenvalue weighted by molar-refractivity contribution is -0.119. The van der Waals surface area contributed by atoms with Gasteiger partial charge in [0.05, 0.1) is 18.8 Å². The summed E-state index contributed by atoms with van der Waals surface area (Å²) in [7, 11) is 0. The van der Waals surface area contributed by atoms with Gasteiger partial charge in [0.1, 0.15) is 5.66 Å². The van der Waals surface area contributed by atoms with E-state index < -0.39 is 0 Å². The van der Waals surface area contributed by atoms with Gasteiger partial charge in [-0.2, -0.15) is 0 Å². The van der Waals surface area contributed by atoms with Crippen molar-refractivity contribution in [3.63, 3.8) is 0 Å². The van der Waals surface area contributed by atoms with Gasteiger partial charge in [0.15, 0.2) is 0 Å². The van der Waals surface area contributed by atoms with Crippen LogP contribution in [0.15, 0.2) is 0 Å². The zero-order valence-corrected chi connectivity index (χ0v) is 7.44. The maximum Gasteiger partial charge on any atom is 0.235 e. The van der Waals surface area contributed by atoms with Crippen molar-refractivity contribution in [1.29, 1.82) is 0 Å². The molecule has 1 spiro atoms. The number of rotatable bonds is 0. The predicted octanol–water partition coefficient (Wildman–Crippen LogP) is -0.399. The molecule has 2 rings (SSSR count). The summed E-state index contributed by atoms with van der Waals surface area (Å²) in [6.45, 7) is 5.12. The van der Waals surface area contributed by atoms with Gasteiger partial charge in [-0.05, 0) is 13.8 Å². The van der Waals surface area contributed by atoms with Crippen molar-refractivity contribution in [1.82, 2.24) is 10.6 Å². The van der Waals surface area contributed by atoms with Crippen LogP contribution in [0.2, 0.25) is 0 Å². The van der Waals surface area contributed by atoms with Gasteiger partial charge in [-0.15, -0.1) is 0 Å². The SMILES string of the molecule is CC1(C)OCCC12NCC(=O)N2. The van der Waals surface area contributed by atoms with E-state index in [0.29, 0.717) is 13.2 Å². The minimum atomic E-state index is -0.315. The minimum absolute atomic E-state index is 0.0635. The lowest BCUT2D eigenvalue weighted by Gasteiger charge is -2.36. The summed E-state index contributed by atoms with van der Waals surface area (Å²) < 4.78 is 5.55. The summed E-state index contributed by atoms with van der Waals surface area (Å²) in [6.07, 6.45) is 0.853. The molecule has 4 nitrogen and oxygen atoms in total. The van der Waals surface area contributed by atoms with E-state index in [0.717, 1.165) is 6.42 Å². The Morgan fingerprint density at radius 3 is 2.67 bits per heavy atom. The first-order valence-corrected chi connectivity index (χ1v) is 4.26. The van der Waals surface area contributed by atoms with Crippen LogP contribution in [0.25, 0.3) is 0 Å². The molecule has 2 fully saturated rings. The molecule has 0 radical (unpaired) electrons. The second kappa shape index (κ2) is 2.20. The highest BCUT2D eigenvalue weighted by Gasteiger charge is 2.53. The Hall–Kier alpha value is -0.610. The maximum absolute atomic E-state index is 11.1. The summed E-state index contributed by atoms with van der Waals surface area (Å²) >= 11 is 0. The highest BCUT2D eigenvalue weighted by molar-refractivity contribution is 5.81. The van der Waals surface area contributed by atoms with Crippen LogP contribution in [-0.4, -0.2) is 30.3 Å². The van der Waals surface area contributed by atoms with Gasteiger partial charge >= 0.3 is 0 Å². The molecule has 0 saturated carbocycles. The topological polar surface area (TPSA) is 50.4 Å². The third-order valence-electron chi connectivity index (χ3n) is 2.87. The van der Waals surface area contributed by atoms with E-state index in [1.807, 2.05) is 13.8 Å². The molecule has 2 saturated heterocycles. The molecule has 4 heteroatoms. The molecule has 12 heavy (non-hydrogen) atoms. The molecule has 0 aromatic heterocycles. The van der Waals surface area contributed by atoms with Crippen LogP contribution in [-0.2, 0) is 9.53 Å². The first-order valence-electron chi connectivity index (χ1n) is 4.26. The van der Waals surface area contributed by atoms with Crippen LogP contribution < -0.4 is 10.6 Å². The Labute approximate surface area is 71.7 Å². The molecule has 1 unspecified atom stereocenters. The number of amides is 1. The molecule has 2 aliphatic rings. The summed E-state index contributed by atoms with van der Waals surface area (Å²) in [6, 6.07) is 0. The maximum atomic E-state index is 11.1. The minimum Gasteiger partial charge on any atom is -0.372 e. The first kappa shape index (κ1) is 8.01. The molecular weight excluding hydrogens is 156 g/mol. The van der Waals surface area contributed by atoms with Crippen LogP contribution in [0.1, 0.15) is 20.3 Å². The summed E-state index contributed by atoms with van der Waals surface area (Å²) in [5.74, 6) is 0.0635. The van der Waals surface area contributed by atoms with Gasteiger partial charge < -0.3 is 10.1 Å². The number of hydrogen-bond donors (Lipinski definition) is 2. The zero-order valence-electron chi connectivity index (χ0n) is 7.44. The predicted molar refractivity (Wildman–Crippen MR) is 43.5 cm³/mol. The number of nitrogens with one attached hydrogen (secondary N) is 2. The summed E-state index contributed by atoms with van der Waals surface area (Å²) in [5.41, 5.74) is -0.608. The van der Waals surface area contributed by atoms with Crippen LogP contribution >= 0.6 is 0 Å². The van der Waals surface area contributed by atoms with Crippen molar-refractivity contribution in [3.8, 4) is 0 Å². The normalized spacial score (nSPS) is 39.0. The Morgan fingerprint density at radius 1 is 1.50 bits per heavy atom. The Morgan fingerprint density at radius 2 is 2.25 bits per heavy atom. The quantitative estimate of drug-likeness (QED) is 0.520. The molecule has 0 aromatic carbocycles. The van der Waals surface area contributed by atoms with E-state index in [1.54, 1.807) is 0 Å².